The molecule has 0 fully saturated rings. The Morgan fingerprint density at radius 1 is 1.29 bits per heavy atom. The lowest BCUT2D eigenvalue weighted by atomic mass is 10.0. The minimum atomic E-state index is -1.07. The molecule has 31 heavy (non-hydrogen) atoms. The Kier molecular flexibility index (Phi) is 6.50. The molecule has 9 heteroatoms. The van der Waals surface area contributed by atoms with Gasteiger partial charge < -0.3 is 13.9 Å². The van der Waals surface area contributed by atoms with Gasteiger partial charge in [-0.15, -0.1) is 0 Å². The summed E-state index contributed by atoms with van der Waals surface area (Å²) in [7, 11) is 1.38. The Morgan fingerprint density at radius 3 is 2.65 bits per heavy atom. The molecule has 0 aliphatic carbocycles. The number of oxazole rings is 1. The monoisotopic (exact) mass is 448 g/mol. The molecule has 0 N–H and O–H groups in total. The molecule has 0 bridgehead atoms. The summed E-state index contributed by atoms with van der Waals surface area (Å²) in [6.07, 6.45) is 4.14. The van der Waals surface area contributed by atoms with Crippen LogP contribution in [0.3, 0.4) is 0 Å². The van der Waals surface area contributed by atoms with E-state index in [4.69, 9.17) is 25.5 Å². The highest BCUT2D eigenvalue weighted by atomic mass is 35.5. The number of nitrogens with zero attached hydrogens (tertiary/aromatic N) is 2. The summed E-state index contributed by atoms with van der Waals surface area (Å²) in [5.74, 6) is -0.770. The average Bonchev–Trinajstić information content (AvgIpc) is 3.20. The van der Waals surface area contributed by atoms with Gasteiger partial charge in [-0.1, -0.05) is 11.6 Å². The zero-order chi connectivity index (χ0) is 22.8. The minimum absolute atomic E-state index is 0.0180. The number of rotatable bonds is 6. The van der Waals surface area contributed by atoms with Crippen molar-refractivity contribution in [2.45, 2.75) is 38.8 Å². The van der Waals surface area contributed by atoms with Gasteiger partial charge >= 0.3 is 5.97 Å². The molecule has 0 amide bonds. The van der Waals surface area contributed by atoms with Gasteiger partial charge in [-0.2, -0.15) is 0 Å². The molecule has 0 aliphatic rings. The zero-order valence-electron chi connectivity index (χ0n) is 17.5. The van der Waals surface area contributed by atoms with E-state index < -0.39 is 29.0 Å². The van der Waals surface area contributed by atoms with Crippen molar-refractivity contribution in [3.05, 3.63) is 70.0 Å². The molecule has 0 radical (unpaired) electrons. The fraction of sp³-hybridized carbons (Fsp3) is 0.318. The van der Waals surface area contributed by atoms with Crippen molar-refractivity contribution in [3.8, 4) is 16.9 Å². The van der Waals surface area contributed by atoms with Crippen LogP contribution in [0.15, 0.2) is 52.1 Å². The minimum Gasteiger partial charge on any atom is -0.495 e. The summed E-state index contributed by atoms with van der Waals surface area (Å²) in [5, 5.41) is 0.304. The van der Waals surface area contributed by atoms with Crippen molar-refractivity contribution in [1.29, 1.82) is 0 Å². The molecule has 2 heterocycles. The number of ether oxygens (including phenoxy) is 2. The molecular formula is C22H22ClFN2O5. The number of hydrogen-bond acceptors (Lipinski definition) is 6. The topological polar surface area (TPSA) is 83.6 Å². The number of carbonyl (C=O) groups is 1. The molecule has 7 nitrogen and oxygen atoms in total. The van der Waals surface area contributed by atoms with Crippen molar-refractivity contribution in [3.63, 3.8) is 0 Å². The molecule has 0 saturated carbocycles. The van der Waals surface area contributed by atoms with Gasteiger partial charge in [0.05, 0.1) is 25.9 Å². The van der Waals surface area contributed by atoms with Gasteiger partial charge in [0.2, 0.25) is 0 Å². The average molecular weight is 449 g/mol. The Morgan fingerprint density at radius 2 is 2.03 bits per heavy atom. The largest absolute Gasteiger partial charge is 0.495 e. The van der Waals surface area contributed by atoms with Crippen LogP contribution in [0.2, 0.25) is 5.02 Å². The maximum absolute atomic E-state index is 14.4. The number of benzene rings is 1. The number of methoxy groups -OCH3 is 1. The van der Waals surface area contributed by atoms with E-state index in [-0.39, 0.29) is 29.2 Å². The molecule has 0 saturated heterocycles. The second-order valence-electron chi connectivity index (χ2n) is 7.80. The number of esters is 1. The second-order valence-corrected chi connectivity index (χ2v) is 8.24. The lowest BCUT2D eigenvalue weighted by molar-refractivity contribution is -0.159. The van der Waals surface area contributed by atoms with Crippen LogP contribution in [0.4, 0.5) is 4.39 Å². The van der Waals surface area contributed by atoms with Gasteiger partial charge in [-0.05, 0) is 39.0 Å². The maximum Gasteiger partial charge on any atom is 0.330 e. The first-order valence-electron chi connectivity index (χ1n) is 9.46. The van der Waals surface area contributed by atoms with E-state index in [1.807, 2.05) is 0 Å². The maximum atomic E-state index is 14.4. The normalized spacial score (nSPS) is 12.5. The van der Waals surface area contributed by atoms with Gasteiger partial charge in [0.25, 0.3) is 5.56 Å². The van der Waals surface area contributed by atoms with Gasteiger partial charge in [0, 0.05) is 22.2 Å². The molecule has 3 aromatic rings. The first kappa shape index (κ1) is 22.6. The fourth-order valence-corrected chi connectivity index (χ4v) is 3.21. The predicted octanol–water partition coefficient (Wildman–Crippen LogP) is 4.43. The fourth-order valence-electron chi connectivity index (χ4n) is 3.03. The standard InChI is InChI=1S/C22H22ClFN2O5/c1-22(2,3)31-21(28)17(11-19-25-7-8-30-19)26-12-18(29-4)15(10-20(26)27)14-9-13(23)5-6-16(14)24/h5-10,12,17H,11H2,1-4H3. The summed E-state index contributed by atoms with van der Waals surface area (Å²) in [5.41, 5.74) is -1.01. The molecule has 1 atom stereocenters. The van der Waals surface area contributed by atoms with E-state index in [0.717, 1.165) is 0 Å². The number of pyridine rings is 1. The molecule has 3 rings (SSSR count). The third-order valence-corrected chi connectivity index (χ3v) is 4.58. The van der Waals surface area contributed by atoms with Crippen molar-refractivity contribution in [2.75, 3.05) is 7.11 Å². The summed E-state index contributed by atoms with van der Waals surface area (Å²) in [4.78, 5) is 30.0. The molecule has 1 aromatic carbocycles. The van der Waals surface area contributed by atoms with Crippen LogP contribution >= 0.6 is 11.6 Å². The summed E-state index contributed by atoms with van der Waals surface area (Å²) in [6.45, 7) is 5.17. The molecule has 0 aliphatic heterocycles. The van der Waals surface area contributed by atoms with Gasteiger partial charge in [0.1, 0.15) is 29.5 Å². The third kappa shape index (κ3) is 5.32. The SMILES string of the molecule is COc1cn(C(Cc2ncco2)C(=O)OC(C)(C)C)c(=O)cc1-c1cc(Cl)ccc1F. The second kappa shape index (κ2) is 8.93. The molecule has 2 aromatic heterocycles. The predicted molar refractivity (Wildman–Crippen MR) is 113 cm³/mol. The Balaban J connectivity index is 2.12. The highest BCUT2D eigenvalue weighted by molar-refractivity contribution is 6.30. The first-order valence-corrected chi connectivity index (χ1v) is 9.83. The zero-order valence-corrected chi connectivity index (χ0v) is 18.3. The van der Waals surface area contributed by atoms with Crippen LogP contribution in [0.5, 0.6) is 5.75 Å². The van der Waals surface area contributed by atoms with E-state index in [1.165, 1.54) is 54.6 Å². The van der Waals surface area contributed by atoms with E-state index in [9.17, 15) is 14.0 Å². The van der Waals surface area contributed by atoms with Gasteiger partial charge in [-0.25, -0.2) is 14.2 Å². The van der Waals surface area contributed by atoms with Crippen LogP contribution < -0.4 is 10.3 Å². The number of aromatic nitrogens is 2. The van der Waals surface area contributed by atoms with Crippen molar-refractivity contribution in [2.24, 2.45) is 0 Å². The van der Waals surface area contributed by atoms with Crippen LogP contribution in [0.1, 0.15) is 32.7 Å². The number of hydrogen-bond donors (Lipinski definition) is 0. The Hall–Kier alpha value is -3.13. The van der Waals surface area contributed by atoms with E-state index in [1.54, 1.807) is 20.8 Å². The number of carbonyl (C=O) groups excluding carboxylic acids is 1. The quantitative estimate of drug-likeness (QED) is 0.519. The van der Waals surface area contributed by atoms with Crippen molar-refractivity contribution in [1.82, 2.24) is 9.55 Å². The van der Waals surface area contributed by atoms with Crippen LogP contribution in [-0.4, -0.2) is 28.2 Å². The molecule has 164 valence electrons. The van der Waals surface area contributed by atoms with Crippen LogP contribution in [-0.2, 0) is 16.0 Å². The van der Waals surface area contributed by atoms with E-state index in [0.29, 0.717) is 5.02 Å². The summed E-state index contributed by atoms with van der Waals surface area (Å²) >= 11 is 6.00. The third-order valence-electron chi connectivity index (χ3n) is 4.35. The highest BCUT2D eigenvalue weighted by Crippen LogP contribution is 2.33. The van der Waals surface area contributed by atoms with Crippen molar-refractivity contribution >= 4 is 17.6 Å². The molecular weight excluding hydrogens is 427 g/mol. The van der Waals surface area contributed by atoms with Crippen molar-refractivity contribution < 1.29 is 23.1 Å². The highest BCUT2D eigenvalue weighted by Gasteiger charge is 2.30. The van der Waals surface area contributed by atoms with Gasteiger partial charge in [0.15, 0.2) is 5.89 Å². The Bertz CT molecular complexity index is 1140. The summed E-state index contributed by atoms with van der Waals surface area (Å²) in [6, 6.07) is 4.13. The van der Waals surface area contributed by atoms with E-state index in [2.05, 4.69) is 4.98 Å². The molecule has 1 unspecified atom stereocenters. The first-order chi connectivity index (χ1) is 14.6. The Labute approximate surface area is 183 Å². The van der Waals surface area contributed by atoms with E-state index >= 15 is 0 Å². The van der Waals surface area contributed by atoms with Crippen LogP contribution in [0.25, 0.3) is 11.1 Å². The smallest absolute Gasteiger partial charge is 0.330 e. The lowest BCUT2D eigenvalue weighted by Crippen LogP contribution is -2.36. The van der Waals surface area contributed by atoms with Gasteiger partial charge in [-0.3, -0.25) is 9.36 Å². The molecule has 0 spiro atoms. The summed E-state index contributed by atoms with van der Waals surface area (Å²) < 4.78 is 31.7. The number of halogens is 2. The van der Waals surface area contributed by atoms with Crippen LogP contribution in [0, 0.1) is 5.82 Å². The lowest BCUT2D eigenvalue weighted by Gasteiger charge is -2.25.